The van der Waals surface area contributed by atoms with E-state index in [1.807, 2.05) is 43.3 Å². The SMILES string of the molecule is Cc1ccccc1-c1cc(CN(CCCCCC(F)(F)F)CCC2CCCCC2)ccc1C(=O)N[C@@H](CCS(C)(=O)=O)C(=O)O. The molecular formula is C34H47F3N2O5S. The molecule has 7 nitrogen and oxygen atoms in total. The van der Waals surface area contributed by atoms with Gasteiger partial charge in [0, 0.05) is 24.8 Å². The van der Waals surface area contributed by atoms with Gasteiger partial charge in [0.15, 0.2) is 0 Å². The summed E-state index contributed by atoms with van der Waals surface area (Å²) in [6.45, 7) is 4.01. The third-order valence-electron chi connectivity index (χ3n) is 8.56. The maximum atomic E-state index is 13.5. The van der Waals surface area contributed by atoms with Crippen molar-refractivity contribution < 1.29 is 36.3 Å². The van der Waals surface area contributed by atoms with E-state index in [9.17, 15) is 36.3 Å². The number of hydrogen-bond acceptors (Lipinski definition) is 5. The van der Waals surface area contributed by atoms with E-state index in [1.165, 1.54) is 32.1 Å². The lowest BCUT2D eigenvalue weighted by molar-refractivity contribution is -0.139. The number of hydrogen-bond donors (Lipinski definition) is 2. The molecule has 0 spiro atoms. The predicted octanol–water partition coefficient (Wildman–Crippen LogP) is 7.17. The summed E-state index contributed by atoms with van der Waals surface area (Å²) in [6.07, 6.45) is 4.34. The minimum absolute atomic E-state index is 0.114. The van der Waals surface area contributed by atoms with Crippen LogP contribution >= 0.6 is 0 Å². The minimum Gasteiger partial charge on any atom is -0.480 e. The predicted molar refractivity (Wildman–Crippen MR) is 171 cm³/mol. The van der Waals surface area contributed by atoms with Crippen LogP contribution in [0.3, 0.4) is 0 Å². The largest absolute Gasteiger partial charge is 0.480 e. The van der Waals surface area contributed by atoms with Crippen LogP contribution in [0.15, 0.2) is 42.5 Å². The van der Waals surface area contributed by atoms with Crippen molar-refractivity contribution in [2.75, 3.05) is 25.1 Å². The number of alkyl halides is 3. The molecule has 2 aromatic carbocycles. The number of carbonyl (C=O) groups is 2. The van der Waals surface area contributed by atoms with E-state index in [2.05, 4.69) is 10.2 Å². The highest BCUT2D eigenvalue weighted by atomic mass is 32.2. The lowest BCUT2D eigenvalue weighted by Crippen LogP contribution is -2.42. The molecule has 1 aliphatic rings. The highest BCUT2D eigenvalue weighted by Crippen LogP contribution is 2.30. The molecule has 11 heteroatoms. The number of aliphatic carboxylic acids is 1. The molecule has 1 saturated carbocycles. The number of carboxylic acids is 1. The highest BCUT2D eigenvalue weighted by molar-refractivity contribution is 7.90. The van der Waals surface area contributed by atoms with Crippen LogP contribution in [0.4, 0.5) is 13.2 Å². The average Bonchev–Trinajstić information content (AvgIpc) is 2.97. The summed E-state index contributed by atoms with van der Waals surface area (Å²) in [5, 5.41) is 12.2. The van der Waals surface area contributed by atoms with Gasteiger partial charge >= 0.3 is 12.1 Å². The zero-order valence-corrected chi connectivity index (χ0v) is 27.2. The molecule has 1 aliphatic carbocycles. The van der Waals surface area contributed by atoms with Crippen LogP contribution < -0.4 is 5.32 Å². The van der Waals surface area contributed by atoms with Gasteiger partial charge in [0.25, 0.3) is 5.91 Å². The molecule has 2 N–H and O–H groups in total. The second kappa shape index (κ2) is 17.1. The van der Waals surface area contributed by atoms with Crippen LogP contribution in [0.25, 0.3) is 11.1 Å². The first kappa shape index (κ1) is 36.5. The van der Waals surface area contributed by atoms with Gasteiger partial charge in [-0.05, 0) is 86.0 Å². The Kier molecular flexibility index (Phi) is 13.9. The van der Waals surface area contributed by atoms with E-state index in [0.717, 1.165) is 35.9 Å². The molecule has 0 aromatic heterocycles. The first-order chi connectivity index (χ1) is 21.2. The second-order valence-corrected chi connectivity index (χ2v) is 14.7. The number of aryl methyl sites for hydroxylation is 1. The Hall–Kier alpha value is -2.92. The maximum absolute atomic E-state index is 13.5. The highest BCUT2D eigenvalue weighted by Gasteiger charge is 2.26. The molecule has 0 aliphatic heterocycles. The molecule has 0 saturated heterocycles. The maximum Gasteiger partial charge on any atom is 0.389 e. The van der Waals surface area contributed by atoms with Crippen LogP contribution in [-0.2, 0) is 21.2 Å². The van der Waals surface area contributed by atoms with Gasteiger partial charge in [-0.2, -0.15) is 13.2 Å². The summed E-state index contributed by atoms with van der Waals surface area (Å²) in [5.41, 5.74) is 3.59. The number of rotatable bonds is 17. The molecule has 0 unspecified atom stereocenters. The normalized spacial score (nSPS) is 15.2. The zero-order valence-electron chi connectivity index (χ0n) is 26.4. The quantitative estimate of drug-likeness (QED) is 0.176. The molecule has 0 heterocycles. The molecular weight excluding hydrogens is 605 g/mol. The Morgan fingerprint density at radius 2 is 1.71 bits per heavy atom. The second-order valence-electron chi connectivity index (χ2n) is 12.5. The summed E-state index contributed by atoms with van der Waals surface area (Å²) < 4.78 is 61.2. The number of sulfone groups is 1. The van der Waals surface area contributed by atoms with Gasteiger partial charge in [0.05, 0.1) is 5.75 Å². The van der Waals surface area contributed by atoms with E-state index in [1.54, 1.807) is 6.07 Å². The van der Waals surface area contributed by atoms with Gasteiger partial charge in [0.1, 0.15) is 15.9 Å². The Labute approximate surface area is 265 Å². The first-order valence-corrected chi connectivity index (χ1v) is 18.0. The monoisotopic (exact) mass is 652 g/mol. The van der Waals surface area contributed by atoms with Crippen LogP contribution in [0.2, 0.25) is 0 Å². The van der Waals surface area contributed by atoms with Crippen molar-refractivity contribution >= 4 is 21.7 Å². The van der Waals surface area contributed by atoms with E-state index in [0.29, 0.717) is 37.4 Å². The minimum atomic E-state index is -4.14. The van der Waals surface area contributed by atoms with Crippen molar-refractivity contribution in [1.29, 1.82) is 0 Å². The van der Waals surface area contributed by atoms with E-state index in [4.69, 9.17) is 0 Å². The lowest BCUT2D eigenvalue weighted by Gasteiger charge is -2.27. The molecule has 250 valence electrons. The molecule has 0 bridgehead atoms. The fraction of sp³-hybridized carbons (Fsp3) is 0.588. The molecule has 0 radical (unpaired) electrons. The Balaban J connectivity index is 1.84. The van der Waals surface area contributed by atoms with Gasteiger partial charge in [-0.25, -0.2) is 13.2 Å². The fourth-order valence-electron chi connectivity index (χ4n) is 6.02. The van der Waals surface area contributed by atoms with Gasteiger partial charge < -0.3 is 10.4 Å². The number of halogens is 3. The third kappa shape index (κ3) is 13.1. The zero-order chi connectivity index (χ0) is 33.0. The standard InChI is InChI=1S/C34H47F3N2O5S/c1-25-11-7-8-14-28(25)30-23-27(15-16-29(30)32(40)38-31(33(41)42)18-22-45(2,43)44)24-39(20-10-4-9-19-34(35,36)37)21-17-26-12-5-3-6-13-26/h7-8,11,14-16,23,26,31H,3-6,9-10,12-13,17-22,24H2,1-2H3,(H,38,40)(H,41,42)/t31-/m0/s1. The Morgan fingerprint density at radius 3 is 2.36 bits per heavy atom. The van der Waals surface area contributed by atoms with E-state index in [-0.39, 0.29) is 24.2 Å². The molecule has 1 atom stereocenters. The van der Waals surface area contributed by atoms with Crippen LogP contribution in [-0.4, -0.2) is 67.6 Å². The summed E-state index contributed by atoms with van der Waals surface area (Å²) in [4.78, 5) is 27.6. The van der Waals surface area contributed by atoms with Crippen LogP contribution in [0, 0.1) is 12.8 Å². The van der Waals surface area contributed by atoms with E-state index >= 15 is 0 Å². The van der Waals surface area contributed by atoms with Gasteiger partial charge in [-0.15, -0.1) is 0 Å². The number of carbonyl (C=O) groups excluding carboxylic acids is 1. The Bertz CT molecular complexity index is 1370. The summed E-state index contributed by atoms with van der Waals surface area (Å²) in [6, 6.07) is 11.6. The van der Waals surface area contributed by atoms with Crippen molar-refractivity contribution in [2.24, 2.45) is 5.92 Å². The first-order valence-electron chi connectivity index (χ1n) is 15.9. The smallest absolute Gasteiger partial charge is 0.389 e. The van der Waals surface area contributed by atoms with Crippen molar-refractivity contribution in [1.82, 2.24) is 10.2 Å². The molecule has 45 heavy (non-hydrogen) atoms. The van der Waals surface area contributed by atoms with Crippen molar-refractivity contribution in [3.63, 3.8) is 0 Å². The van der Waals surface area contributed by atoms with Crippen molar-refractivity contribution in [3.05, 3.63) is 59.2 Å². The van der Waals surface area contributed by atoms with Crippen LogP contribution in [0.5, 0.6) is 0 Å². The average molecular weight is 653 g/mol. The molecule has 1 fully saturated rings. The van der Waals surface area contributed by atoms with Crippen molar-refractivity contribution in [2.45, 2.75) is 96.3 Å². The number of carboxylic acid groups (broad SMARTS) is 1. The Morgan fingerprint density at radius 1 is 1.00 bits per heavy atom. The lowest BCUT2D eigenvalue weighted by atomic mass is 9.87. The topological polar surface area (TPSA) is 104 Å². The van der Waals surface area contributed by atoms with Gasteiger partial charge in [-0.1, -0.05) is 68.9 Å². The third-order valence-corrected chi connectivity index (χ3v) is 9.54. The molecule has 1 amide bonds. The number of unbranched alkanes of at least 4 members (excludes halogenated alkanes) is 2. The number of amides is 1. The van der Waals surface area contributed by atoms with E-state index < -0.39 is 40.4 Å². The molecule has 3 rings (SSSR count). The van der Waals surface area contributed by atoms with Crippen molar-refractivity contribution in [3.8, 4) is 11.1 Å². The summed E-state index contributed by atoms with van der Waals surface area (Å²) in [5.74, 6) is -1.64. The van der Waals surface area contributed by atoms with Gasteiger partial charge in [-0.3, -0.25) is 9.69 Å². The van der Waals surface area contributed by atoms with Crippen LogP contribution in [0.1, 0.15) is 92.1 Å². The summed E-state index contributed by atoms with van der Waals surface area (Å²) >= 11 is 0. The number of nitrogens with one attached hydrogen (secondary N) is 1. The summed E-state index contributed by atoms with van der Waals surface area (Å²) in [7, 11) is -3.43. The molecule has 2 aromatic rings. The fourth-order valence-corrected chi connectivity index (χ4v) is 6.68. The number of benzene rings is 2. The van der Waals surface area contributed by atoms with Gasteiger partial charge in [0.2, 0.25) is 0 Å². The number of nitrogens with zero attached hydrogens (tertiary/aromatic N) is 1.